The van der Waals surface area contributed by atoms with Crippen molar-refractivity contribution in [1.29, 1.82) is 0 Å². The first-order valence-electron chi connectivity index (χ1n) is 12.9. The van der Waals surface area contributed by atoms with Gasteiger partial charge in [0.2, 0.25) is 0 Å². The SMILES string of the molecule is COc1cccc2c(C(=O)N(CCc3ccccc3)Cc3ccccc3)nn(CCN3CCOCC3)c12. The fourth-order valence-electron chi connectivity index (χ4n) is 4.86. The van der Waals surface area contributed by atoms with Gasteiger partial charge < -0.3 is 14.4 Å². The summed E-state index contributed by atoms with van der Waals surface area (Å²) in [5.74, 6) is 0.660. The molecule has 7 heteroatoms. The molecular weight excluding hydrogens is 464 g/mol. The van der Waals surface area contributed by atoms with E-state index in [0.717, 1.165) is 61.5 Å². The van der Waals surface area contributed by atoms with Crippen LogP contribution >= 0.6 is 0 Å². The Bertz CT molecular complexity index is 1300. The van der Waals surface area contributed by atoms with E-state index in [9.17, 15) is 4.79 Å². The Morgan fingerprint density at radius 1 is 0.919 bits per heavy atom. The number of aromatic nitrogens is 2. The van der Waals surface area contributed by atoms with Crippen molar-refractivity contribution < 1.29 is 14.3 Å². The highest BCUT2D eigenvalue weighted by Crippen LogP contribution is 2.29. The van der Waals surface area contributed by atoms with Crippen LogP contribution in [0.4, 0.5) is 0 Å². The summed E-state index contributed by atoms with van der Waals surface area (Å²) in [7, 11) is 1.66. The first kappa shape index (κ1) is 25.0. The predicted molar refractivity (Wildman–Crippen MR) is 145 cm³/mol. The summed E-state index contributed by atoms with van der Waals surface area (Å²) < 4.78 is 13.1. The lowest BCUT2D eigenvalue weighted by molar-refractivity contribution is 0.0361. The molecule has 1 saturated heterocycles. The van der Waals surface area contributed by atoms with E-state index in [2.05, 4.69) is 29.2 Å². The molecule has 0 unspecified atom stereocenters. The van der Waals surface area contributed by atoms with Crippen LogP contribution in [0.2, 0.25) is 0 Å². The molecule has 0 bridgehead atoms. The number of amides is 1. The van der Waals surface area contributed by atoms with Crippen molar-refractivity contribution in [1.82, 2.24) is 19.6 Å². The summed E-state index contributed by atoms with van der Waals surface area (Å²) in [5, 5.41) is 5.71. The maximum Gasteiger partial charge on any atom is 0.275 e. The molecule has 7 nitrogen and oxygen atoms in total. The topological polar surface area (TPSA) is 59.8 Å². The van der Waals surface area contributed by atoms with E-state index in [1.807, 2.05) is 64.2 Å². The molecule has 0 N–H and O–H groups in total. The van der Waals surface area contributed by atoms with Crippen molar-refractivity contribution in [3.63, 3.8) is 0 Å². The maximum atomic E-state index is 14.1. The van der Waals surface area contributed by atoms with Crippen molar-refractivity contribution in [3.05, 3.63) is 95.7 Å². The van der Waals surface area contributed by atoms with Gasteiger partial charge in [-0.3, -0.25) is 14.4 Å². The third kappa shape index (κ3) is 6.01. The Hall–Kier alpha value is -3.68. The Balaban J connectivity index is 1.45. The second kappa shape index (κ2) is 12.0. The number of nitrogens with zero attached hydrogens (tertiary/aromatic N) is 4. The van der Waals surface area contributed by atoms with Gasteiger partial charge in [0.05, 0.1) is 26.9 Å². The quantitative estimate of drug-likeness (QED) is 0.327. The fourth-order valence-corrected chi connectivity index (χ4v) is 4.86. The zero-order valence-corrected chi connectivity index (χ0v) is 21.4. The van der Waals surface area contributed by atoms with Gasteiger partial charge >= 0.3 is 0 Å². The third-order valence-electron chi connectivity index (χ3n) is 6.90. The number of para-hydroxylation sites is 1. The van der Waals surface area contributed by atoms with E-state index in [0.29, 0.717) is 25.3 Å². The smallest absolute Gasteiger partial charge is 0.275 e. The van der Waals surface area contributed by atoms with E-state index < -0.39 is 0 Å². The number of benzene rings is 3. The summed E-state index contributed by atoms with van der Waals surface area (Å²) in [6.07, 6.45) is 0.776. The number of ether oxygens (including phenoxy) is 2. The van der Waals surface area contributed by atoms with Crippen molar-refractivity contribution >= 4 is 16.8 Å². The molecule has 0 spiro atoms. The number of carbonyl (C=O) groups excluding carboxylic acids is 1. The summed E-state index contributed by atoms with van der Waals surface area (Å²) in [5.41, 5.74) is 3.64. The Labute approximate surface area is 218 Å². The summed E-state index contributed by atoms with van der Waals surface area (Å²) in [4.78, 5) is 18.4. The number of methoxy groups -OCH3 is 1. The molecular formula is C30H34N4O3. The standard InChI is InChI=1S/C30H34N4O3/c1-36-27-14-8-13-26-28(31-34(29(26)27)18-17-32-19-21-37-22-20-32)30(35)33(23-25-11-6-3-7-12-25)16-15-24-9-4-2-5-10-24/h2-14H,15-23H2,1H3. The molecule has 1 aliphatic rings. The molecule has 37 heavy (non-hydrogen) atoms. The van der Waals surface area contributed by atoms with Crippen LogP contribution in [0.25, 0.3) is 10.9 Å². The third-order valence-corrected chi connectivity index (χ3v) is 6.90. The van der Waals surface area contributed by atoms with Crippen molar-refractivity contribution in [2.45, 2.75) is 19.5 Å². The monoisotopic (exact) mass is 498 g/mol. The average molecular weight is 499 g/mol. The zero-order chi connectivity index (χ0) is 25.5. The van der Waals surface area contributed by atoms with Gasteiger partial charge in [-0.25, -0.2) is 0 Å². The minimum absolute atomic E-state index is 0.0665. The molecule has 0 radical (unpaired) electrons. The molecule has 1 amide bonds. The van der Waals surface area contributed by atoms with Gasteiger partial charge in [-0.2, -0.15) is 5.10 Å². The lowest BCUT2D eigenvalue weighted by Gasteiger charge is -2.26. The molecule has 0 aliphatic carbocycles. The molecule has 1 fully saturated rings. The summed E-state index contributed by atoms with van der Waals surface area (Å²) >= 11 is 0. The molecule has 5 rings (SSSR count). The Morgan fingerprint density at radius 2 is 1.62 bits per heavy atom. The first-order valence-corrected chi connectivity index (χ1v) is 12.9. The van der Waals surface area contributed by atoms with Gasteiger partial charge in [0.1, 0.15) is 11.3 Å². The molecule has 0 saturated carbocycles. The van der Waals surface area contributed by atoms with Gasteiger partial charge in [-0.1, -0.05) is 72.8 Å². The summed E-state index contributed by atoms with van der Waals surface area (Å²) in [6.45, 7) is 5.97. The summed E-state index contributed by atoms with van der Waals surface area (Å²) in [6, 6.07) is 26.3. The van der Waals surface area contributed by atoms with Crippen molar-refractivity contribution in [3.8, 4) is 5.75 Å². The van der Waals surface area contributed by atoms with E-state index in [1.165, 1.54) is 5.56 Å². The largest absolute Gasteiger partial charge is 0.494 e. The second-order valence-corrected chi connectivity index (χ2v) is 9.33. The predicted octanol–water partition coefficient (Wildman–Crippen LogP) is 4.26. The molecule has 1 aromatic heterocycles. The highest BCUT2D eigenvalue weighted by molar-refractivity contribution is 6.06. The van der Waals surface area contributed by atoms with Crippen molar-refractivity contribution in [2.75, 3.05) is 46.5 Å². The van der Waals surface area contributed by atoms with Crippen LogP contribution in [0.1, 0.15) is 21.6 Å². The number of hydrogen-bond acceptors (Lipinski definition) is 5. The van der Waals surface area contributed by atoms with Gasteiger partial charge in [0.25, 0.3) is 5.91 Å². The Morgan fingerprint density at radius 3 is 2.32 bits per heavy atom. The lowest BCUT2D eigenvalue weighted by Crippen LogP contribution is -2.38. The van der Waals surface area contributed by atoms with Crippen LogP contribution in [0, 0.1) is 0 Å². The first-order chi connectivity index (χ1) is 18.2. The van der Waals surface area contributed by atoms with Gasteiger partial charge in [0, 0.05) is 38.1 Å². The van der Waals surface area contributed by atoms with Crippen LogP contribution in [0.3, 0.4) is 0 Å². The fraction of sp³-hybridized carbons (Fsp3) is 0.333. The number of hydrogen-bond donors (Lipinski definition) is 0. The number of fused-ring (bicyclic) bond motifs is 1. The number of rotatable bonds is 10. The minimum Gasteiger partial charge on any atom is -0.494 e. The Kier molecular flexibility index (Phi) is 8.13. The van der Waals surface area contributed by atoms with E-state index in [4.69, 9.17) is 14.6 Å². The zero-order valence-electron chi connectivity index (χ0n) is 21.4. The van der Waals surface area contributed by atoms with E-state index in [1.54, 1.807) is 7.11 Å². The van der Waals surface area contributed by atoms with Crippen LogP contribution < -0.4 is 4.74 Å². The average Bonchev–Trinajstić information content (AvgIpc) is 3.34. The van der Waals surface area contributed by atoms with Crippen molar-refractivity contribution in [2.24, 2.45) is 0 Å². The molecule has 2 heterocycles. The van der Waals surface area contributed by atoms with Crippen LogP contribution in [-0.4, -0.2) is 72.0 Å². The molecule has 3 aromatic carbocycles. The highest BCUT2D eigenvalue weighted by atomic mass is 16.5. The molecule has 192 valence electrons. The number of morpholine rings is 1. The maximum absolute atomic E-state index is 14.1. The van der Waals surface area contributed by atoms with Gasteiger partial charge in [-0.05, 0) is 23.6 Å². The van der Waals surface area contributed by atoms with Crippen LogP contribution in [0.15, 0.2) is 78.9 Å². The second-order valence-electron chi connectivity index (χ2n) is 9.33. The lowest BCUT2D eigenvalue weighted by atomic mass is 10.1. The normalized spacial score (nSPS) is 14.1. The van der Waals surface area contributed by atoms with Crippen LogP contribution in [-0.2, 0) is 24.2 Å². The van der Waals surface area contributed by atoms with E-state index >= 15 is 0 Å². The molecule has 0 atom stereocenters. The van der Waals surface area contributed by atoms with Gasteiger partial charge in [-0.15, -0.1) is 0 Å². The highest BCUT2D eigenvalue weighted by Gasteiger charge is 2.25. The number of carbonyl (C=O) groups is 1. The van der Waals surface area contributed by atoms with Crippen LogP contribution in [0.5, 0.6) is 5.75 Å². The van der Waals surface area contributed by atoms with E-state index in [-0.39, 0.29) is 5.91 Å². The van der Waals surface area contributed by atoms with Gasteiger partial charge in [0.15, 0.2) is 5.69 Å². The minimum atomic E-state index is -0.0665. The molecule has 4 aromatic rings. The molecule has 1 aliphatic heterocycles.